The molecule has 2 rings (SSSR count). The Kier molecular flexibility index (Phi) is 9.84. The first-order chi connectivity index (χ1) is 12.4. The van der Waals surface area contributed by atoms with Crippen LogP contribution in [0.5, 0.6) is 5.75 Å². The molecule has 1 aromatic carbocycles. The maximum Gasteiger partial charge on any atom is 0.422 e. The van der Waals surface area contributed by atoms with E-state index in [9.17, 15) is 13.2 Å². The molecule has 0 radical (unpaired) electrons. The molecule has 0 atom stereocenters. The molecule has 10 heteroatoms. The van der Waals surface area contributed by atoms with Crippen LogP contribution in [0.25, 0.3) is 0 Å². The van der Waals surface area contributed by atoms with Crippen LogP contribution in [-0.2, 0) is 13.1 Å². The van der Waals surface area contributed by atoms with E-state index in [0.29, 0.717) is 19.0 Å². The van der Waals surface area contributed by atoms with Crippen molar-refractivity contribution in [3.63, 3.8) is 0 Å². The second-order valence-corrected chi connectivity index (χ2v) is 6.40. The molecule has 0 unspecified atom stereocenters. The predicted molar refractivity (Wildman–Crippen MR) is 112 cm³/mol. The Morgan fingerprint density at radius 2 is 1.93 bits per heavy atom. The summed E-state index contributed by atoms with van der Waals surface area (Å²) in [5, 5.41) is 6.40. The quantitative estimate of drug-likeness (QED) is 0.330. The molecule has 0 spiro atoms. The van der Waals surface area contributed by atoms with Crippen molar-refractivity contribution in [3.8, 4) is 5.75 Å². The van der Waals surface area contributed by atoms with E-state index >= 15 is 0 Å². The number of nitrogens with one attached hydrogen (secondary N) is 2. The van der Waals surface area contributed by atoms with Crippen LogP contribution in [0.3, 0.4) is 0 Å². The fourth-order valence-electron chi connectivity index (χ4n) is 2.03. The lowest BCUT2D eigenvalue weighted by molar-refractivity contribution is -0.153. The van der Waals surface area contributed by atoms with Crippen molar-refractivity contribution < 1.29 is 17.9 Å². The van der Waals surface area contributed by atoms with Crippen LogP contribution in [0.4, 0.5) is 13.2 Å². The van der Waals surface area contributed by atoms with Crippen molar-refractivity contribution in [2.45, 2.75) is 33.1 Å². The largest absolute Gasteiger partial charge is 0.484 e. The van der Waals surface area contributed by atoms with Gasteiger partial charge in [0.15, 0.2) is 12.6 Å². The molecular formula is C17H22F3IN4OS. The highest BCUT2D eigenvalue weighted by molar-refractivity contribution is 14.0. The zero-order chi connectivity index (χ0) is 19.0. The summed E-state index contributed by atoms with van der Waals surface area (Å²) in [7, 11) is 0. The molecule has 0 amide bonds. The zero-order valence-corrected chi connectivity index (χ0v) is 18.1. The number of halogens is 4. The third-order valence-electron chi connectivity index (χ3n) is 3.35. The second kappa shape index (κ2) is 11.3. The third-order valence-corrected chi connectivity index (χ3v) is 4.29. The second-order valence-electron chi connectivity index (χ2n) is 5.46. The van der Waals surface area contributed by atoms with Gasteiger partial charge in [-0.2, -0.15) is 13.2 Å². The third kappa shape index (κ3) is 8.78. The number of rotatable bonds is 7. The molecule has 0 saturated heterocycles. The molecule has 0 fully saturated rings. The highest BCUT2D eigenvalue weighted by Gasteiger charge is 2.28. The normalized spacial score (nSPS) is 11.7. The van der Waals surface area contributed by atoms with Crippen molar-refractivity contribution in [1.29, 1.82) is 0 Å². The summed E-state index contributed by atoms with van der Waals surface area (Å²) in [6.45, 7) is 4.39. The van der Waals surface area contributed by atoms with Crippen molar-refractivity contribution in [2.24, 2.45) is 4.99 Å². The number of aliphatic imine (C=N–C) groups is 1. The fourth-order valence-corrected chi connectivity index (χ4v) is 2.75. The van der Waals surface area contributed by atoms with E-state index < -0.39 is 12.8 Å². The first kappa shape index (κ1) is 23.5. The van der Waals surface area contributed by atoms with E-state index in [1.54, 1.807) is 29.0 Å². The van der Waals surface area contributed by atoms with Crippen molar-refractivity contribution in [2.75, 3.05) is 13.2 Å². The molecule has 0 aliphatic rings. The Balaban J connectivity index is 0.00000364. The first-order valence-electron chi connectivity index (χ1n) is 8.07. The molecule has 1 aromatic heterocycles. The Bertz CT molecular complexity index is 720. The molecule has 0 aliphatic carbocycles. The number of aromatic nitrogens is 1. The van der Waals surface area contributed by atoms with Crippen molar-refractivity contribution in [1.82, 2.24) is 15.6 Å². The van der Waals surface area contributed by atoms with Gasteiger partial charge in [0.25, 0.3) is 0 Å². The topological polar surface area (TPSA) is 58.5 Å². The summed E-state index contributed by atoms with van der Waals surface area (Å²) in [6, 6.07) is 6.42. The number of guanidine groups is 1. The Labute approximate surface area is 177 Å². The number of benzene rings is 1. The molecular weight excluding hydrogens is 492 g/mol. The molecule has 150 valence electrons. The minimum absolute atomic E-state index is 0. The van der Waals surface area contributed by atoms with Crippen LogP contribution < -0.4 is 15.4 Å². The van der Waals surface area contributed by atoms with Crippen molar-refractivity contribution in [3.05, 3.63) is 45.9 Å². The number of aryl methyl sites for hydroxylation is 1. The molecule has 0 aliphatic heterocycles. The van der Waals surface area contributed by atoms with E-state index in [-0.39, 0.29) is 29.7 Å². The Morgan fingerprint density at radius 3 is 2.48 bits per heavy atom. The maximum absolute atomic E-state index is 12.1. The van der Waals surface area contributed by atoms with E-state index in [1.807, 2.05) is 13.8 Å². The van der Waals surface area contributed by atoms with Gasteiger partial charge >= 0.3 is 6.18 Å². The van der Waals surface area contributed by atoms with Gasteiger partial charge in [0.2, 0.25) is 0 Å². The maximum atomic E-state index is 12.1. The Hall–Kier alpha value is -1.56. The summed E-state index contributed by atoms with van der Waals surface area (Å²) in [5.74, 6) is 0.846. The van der Waals surface area contributed by atoms with Crippen LogP contribution >= 0.6 is 35.3 Å². The van der Waals surface area contributed by atoms with Gasteiger partial charge in [-0.3, -0.25) is 0 Å². The van der Waals surface area contributed by atoms with Crippen molar-refractivity contribution >= 4 is 41.3 Å². The van der Waals surface area contributed by atoms with Gasteiger partial charge in [0.05, 0.1) is 24.3 Å². The van der Waals surface area contributed by atoms with Gasteiger partial charge in [0.1, 0.15) is 5.75 Å². The summed E-state index contributed by atoms with van der Waals surface area (Å²) in [6.07, 6.45) is -4.34. The molecule has 0 saturated carbocycles. The predicted octanol–water partition coefficient (Wildman–Crippen LogP) is 4.27. The number of hydrogen-bond acceptors (Lipinski definition) is 4. The SMILES string of the molecule is CCNC(=NCc1ccc(OCC(F)(F)F)cc1)NCc1scnc1C.I. The van der Waals surface area contributed by atoms with E-state index in [2.05, 4.69) is 20.6 Å². The van der Waals surface area contributed by atoms with Gasteiger partial charge in [-0.1, -0.05) is 12.1 Å². The number of hydrogen-bond donors (Lipinski definition) is 2. The fraction of sp³-hybridized carbons (Fsp3) is 0.412. The molecule has 2 N–H and O–H groups in total. The van der Waals surface area contributed by atoms with Crippen LogP contribution in [-0.4, -0.2) is 30.3 Å². The lowest BCUT2D eigenvalue weighted by atomic mass is 10.2. The molecule has 1 heterocycles. The van der Waals surface area contributed by atoms with E-state index in [1.165, 1.54) is 12.1 Å². The standard InChI is InChI=1S/C17H21F3N4OS.HI/c1-3-21-16(23-9-15-12(2)24-11-26-15)22-8-13-4-6-14(7-5-13)25-10-17(18,19)20;/h4-7,11H,3,8-10H2,1-2H3,(H2,21,22,23);1H. The number of ether oxygens (including phenoxy) is 1. The highest BCUT2D eigenvalue weighted by atomic mass is 127. The van der Waals surface area contributed by atoms with Gasteiger partial charge in [-0.15, -0.1) is 35.3 Å². The molecule has 0 bridgehead atoms. The van der Waals surface area contributed by atoms with Crippen LogP contribution in [0.15, 0.2) is 34.8 Å². The molecule has 27 heavy (non-hydrogen) atoms. The first-order valence-corrected chi connectivity index (χ1v) is 8.95. The number of thiazole rings is 1. The Morgan fingerprint density at radius 1 is 1.22 bits per heavy atom. The van der Waals surface area contributed by atoms with Gasteiger partial charge in [-0.25, -0.2) is 9.98 Å². The van der Waals surface area contributed by atoms with Gasteiger partial charge in [0, 0.05) is 11.4 Å². The minimum atomic E-state index is -4.34. The monoisotopic (exact) mass is 514 g/mol. The molecule has 2 aromatic rings. The molecule has 5 nitrogen and oxygen atoms in total. The van der Waals surface area contributed by atoms with Crippen LogP contribution in [0, 0.1) is 6.92 Å². The summed E-state index contributed by atoms with van der Waals surface area (Å²) >= 11 is 1.58. The lowest BCUT2D eigenvalue weighted by Gasteiger charge is -2.11. The smallest absolute Gasteiger partial charge is 0.422 e. The average Bonchev–Trinajstić information content (AvgIpc) is 3.01. The number of nitrogens with zero attached hydrogens (tertiary/aromatic N) is 2. The highest BCUT2D eigenvalue weighted by Crippen LogP contribution is 2.19. The zero-order valence-electron chi connectivity index (χ0n) is 15.0. The minimum Gasteiger partial charge on any atom is -0.484 e. The summed E-state index contributed by atoms with van der Waals surface area (Å²) in [4.78, 5) is 9.83. The van der Waals surface area contributed by atoms with E-state index in [0.717, 1.165) is 22.7 Å². The summed E-state index contributed by atoms with van der Waals surface area (Å²) < 4.78 is 41.1. The average molecular weight is 514 g/mol. The lowest BCUT2D eigenvalue weighted by Crippen LogP contribution is -2.36. The van der Waals surface area contributed by atoms with E-state index in [4.69, 9.17) is 4.74 Å². The van der Waals surface area contributed by atoms with Gasteiger partial charge < -0.3 is 15.4 Å². The number of alkyl halides is 3. The summed E-state index contributed by atoms with van der Waals surface area (Å²) in [5.41, 5.74) is 3.67. The van der Waals surface area contributed by atoms with Crippen LogP contribution in [0.1, 0.15) is 23.1 Å². The van der Waals surface area contributed by atoms with Crippen LogP contribution in [0.2, 0.25) is 0 Å². The van der Waals surface area contributed by atoms with Gasteiger partial charge in [-0.05, 0) is 31.5 Å².